The summed E-state index contributed by atoms with van der Waals surface area (Å²) in [6.07, 6.45) is 13.0. The molecule has 0 unspecified atom stereocenters. The van der Waals surface area contributed by atoms with Crippen LogP contribution in [0.5, 0.6) is 0 Å². The lowest BCUT2D eigenvalue weighted by molar-refractivity contribution is -0.385. The van der Waals surface area contributed by atoms with Crippen molar-refractivity contribution >= 4 is 23.3 Å². The standard InChI is InChI=1S/C12H17N3O4.C12H19N3O2/c1-2-19-12(16)9-3-5-10(6-4-9)14-8-11(7-13-14)15(17)18;1-2-17-12(16)9-3-5-11(6-4-9)15-8-10(13)7-14-15/h7-10H,2-6H2,1H3;7-9,11H,2-6,13H2,1H3. The van der Waals surface area contributed by atoms with Crippen molar-refractivity contribution in [3.8, 4) is 0 Å². The third-order valence-corrected chi connectivity index (χ3v) is 6.80. The van der Waals surface area contributed by atoms with Gasteiger partial charge >= 0.3 is 17.6 Å². The molecule has 0 amide bonds. The van der Waals surface area contributed by atoms with Crippen LogP contribution in [0.2, 0.25) is 0 Å². The van der Waals surface area contributed by atoms with Crippen molar-refractivity contribution in [3.05, 3.63) is 34.9 Å². The Morgan fingerprint density at radius 1 is 0.889 bits per heavy atom. The van der Waals surface area contributed by atoms with Gasteiger partial charge in [0, 0.05) is 6.20 Å². The molecule has 2 aromatic rings. The number of rotatable bonds is 7. The van der Waals surface area contributed by atoms with E-state index in [2.05, 4.69) is 10.2 Å². The molecule has 0 aromatic carbocycles. The highest BCUT2D eigenvalue weighted by molar-refractivity contribution is 5.72. The molecule has 2 fully saturated rings. The highest BCUT2D eigenvalue weighted by Crippen LogP contribution is 2.34. The highest BCUT2D eigenvalue weighted by Gasteiger charge is 2.29. The van der Waals surface area contributed by atoms with E-state index in [0.29, 0.717) is 24.9 Å². The summed E-state index contributed by atoms with van der Waals surface area (Å²) in [6.45, 7) is 4.51. The molecule has 12 heteroatoms. The minimum atomic E-state index is -0.451. The van der Waals surface area contributed by atoms with Gasteiger partial charge < -0.3 is 15.2 Å². The summed E-state index contributed by atoms with van der Waals surface area (Å²) >= 11 is 0. The molecule has 0 radical (unpaired) electrons. The highest BCUT2D eigenvalue weighted by atomic mass is 16.6. The maximum atomic E-state index is 11.6. The summed E-state index contributed by atoms with van der Waals surface area (Å²) in [5.74, 6) is -0.154. The molecule has 0 saturated heterocycles. The summed E-state index contributed by atoms with van der Waals surface area (Å²) in [4.78, 5) is 33.3. The van der Waals surface area contributed by atoms with Crippen molar-refractivity contribution in [2.75, 3.05) is 18.9 Å². The van der Waals surface area contributed by atoms with Gasteiger partial charge in [-0.2, -0.15) is 10.2 Å². The van der Waals surface area contributed by atoms with Crippen LogP contribution < -0.4 is 5.73 Å². The number of hydrogen-bond acceptors (Lipinski definition) is 9. The van der Waals surface area contributed by atoms with Gasteiger partial charge in [-0.3, -0.25) is 29.1 Å². The number of nitrogens with zero attached hydrogens (tertiary/aromatic N) is 5. The molecule has 0 atom stereocenters. The third kappa shape index (κ3) is 7.28. The van der Waals surface area contributed by atoms with Crippen LogP contribution in [-0.2, 0) is 19.1 Å². The number of nitrogens with two attached hydrogens (primary N) is 1. The smallest absolute Gasteiger partial charge is 0.308 e. The Morgan fingerprint density at radius 3 is 1.69 bits per heavy atom. The van der Waals surface area contributed by atoms with Crippen LogP contribution in [-0.4, -0.2) is 49.6 Å². The molecule has 2 heterocycles. The summed E-state index contributed by atoms with van der Waals surface area (Å²) in [5.41, 5.74) is 6.34. The fourth-order valence-corrected chi connectivity index (χ4v) is 4.85. The number of nitro groups is 1. The second-order valence-corrected chi connectivity index (χ2v) is 9.20. The molecule has 0 bridgehead atoms. The Labute approximate surface area is 210 Å². The molecule has 2 saturated carbocycles. The quantitative estimate of drug-likeness (QED) is 0.336. The zero-order valence-corrected chi connectivity index (χ0v) is 21.0. The molecule has 2 aliphatic rings. The van der Waals surface area contributed by atoms with Gasteiger partial charge in [0.05, 0.1) is 53.9 Å². The molecular weight excluding hydrogens is 468 g/mol. The molecule has 198 valence electrons. The number of ether oxygens (including phenoxy) is 2. The maximum Gasteiger partial charge on any atom is 0.308 e. The van der Waals surface area contributed by atoms with Gasteiger partial charge in [-0.05, 0) is 65.2 Å². The molecule has 36 heavy (non-hydrogen) atoms. The van der Waals surface area contributed by atoms with E-state index in [0.717, 1.165) is 51.4 Å². The van der Waals surface area contributed by atoms with E-state index >= 15 is 0 Å². The van der Waals surface area contributed by atoms with Crippen LogP contribution in [0.3, 0.4) is 0 Å². The minimum absolute atomic E-state index is 0.00696. The largest absolute Gasteiger partial charge is 0.466 e. The fraction of sp³-hybridized carbons (Fsp3) is 0.667. The molecule has 12 nitrogen and oxygen atoms in total. The normalized spacial score (nSPS) is 23.7. The van der Waals surface area contributed by atoms with Crippen molar-refractivity contribution in [1.82, 2.24) is 19.6 Å². The summed E-state index contributed by atoms with van der Waals surface area (Å²) in [5, 5.41) is 18.8. The first-order chi connectivity index (χ1) is 17.3. The Hall–Kier alpha value is -3.44. The van der Waals surface area contributed by atoms with Gasteiger partial charge in [-0.1, -0.05) is 0 Å². The molecular formula is C24H36N6O6. The van der Waals surface area contributed by atoms with Crippen LogP contribution >= 0.6 is 0 Å². The van der Waals surface area contributed by atoms with Crippen LogP contribution in [0.1, 0.15) is 77.3 Å². The Kier molecular flexibility index (Phi) is 9.83. The lowest BCUT2D eigenvalue weighted by Gasteiger charge is -2.27. The first-order valence-electron chi connectivity index (χ1n) is 12.6. The first kappa shape index (κ1) is 27.2. The van der Waals surface area contributed by atoms with Crippen LogP contribution in [0.25, 0.3) is 0 Å². The average Bonchev–Trinajstić information content (AvgIpc) is 3.55. The zero-order chi connectivity index (χ0) is 26.1. The van der Waals surface area contributed by atoms with Gasteiger partial charge in [-0.15, -0.1) is 0 Å². The van der Waals surface area contributed by atoms with E-state index in [1.54, 1.807) is 17.8 Å². The second kappa shape index (κ2) is 13.0. The molecule has 2 N–H and O–H groups in total. The van der Waals surface area contributed by atoms with Gasteiger partial charge in [0.25, 0.3) is 0 Å². The van der Waals surface area contributed by atoms with Gasteiger partial charge in [0.1, 0.15) is 12.4 Å². The van der Waals surface area contributed by atoms with E-state index in [9.17, 15) is 19.7 Å². The third-order valence-electron chi connectivity index (χ3n) is 6.80. The predicted molar refractivity (Wildman–Crippen MR) is 131 cm³/mol. The predicted octanol–water partition coefficient (Wildman–Crippen LogP) is 3.85. The van der Waals surface area contributed by atoms with Crippen molar-refractivity contribution in [1.29, 1.82) is 0 Å². The SMILES string of the molecule is CCOC(=O)C1CCC(n2cc(N)cn2)CC1.CCOC(=O)C1CCC(n2cc([N+](=O)[O-])cn2)CC1. The fourth-order valence-electron chi connectivity index (χ4n) is 4.85. The Balaban J connectivity index is 0.000000202. The molecule has 4 rings (SSSR count). The maximum absolute atomic E-state index is 11.6. The van der Waals surface area contributed by atoms with Crippen molar-refractivity contribution in [2.24, 2.45) is 11.8 Å². The van der Waals surface area contributed by atoms with E-state index in [1.807, 2.05) is 17.8 Å². The number of carbonyl (C=O) groups is 2. The summed E-state index contributed by atoms with van der Waals surface area (Å²) in [7, 11) is 0. The number of hydrogen-bond donors (Lipinski definition) is 1. The van der Waals surface area contributed by atoms with Crippen LogP contribution in [0, 0.1) is 22.0 Å². The Bertz CT molecular complexity index is 1000. The molecule has 2 aliphatic carbocycles. The van der Waals surface area contributed by atoms with Crippen molar-refractivity contribution in [2.45, 2.75) is 77.3 Å². The summed E-state index contributed by atoms with van der Waals surface area (Å²) < 4.78 is 13.6. The topological polar surface area (TPSA) is 157 Å². The first-order valence-corrected chi connectivity index (χ1v) is 12.6. The lowest BCUT2D eigenvalue weighted by atomic mass is 9.86. The number of carbonyl (C=O) groups excluding carboxylic acids is 2. The monoisotopic (exact) mass is 504 g/mol. The molecule has 2 aromatic heterocycles. The molecule has 0 spiro atoms. The summed E-state index contributed by atoms with van der Waals surface area (Å²) in [6, 6.07) is 0.511. The van der Waals surface area contributed by atoms with E-state index in [1.165, 1.54) is 12.4 Å². The lowest BCUT2D eigenvalue weighted by Crippen LogP contribution is -2.25. The van der Waals surface area contributed by atoms with Crippen LogP contribution in [0.4, 0.5) is 11.4 Å². The molecule has 0 aliphatic heterocycles. The van der Waals surface area contributed by atoms with E-state index in [4.69, 9.17) is 15.2 Å². The second-order valence-electron chi connectivity index (χ2n) is 9.20. The van der Waals surface area contributed by atoms with E-state index < -0.39 is 4.92 Å². The number of aromatic nitrogens is 4. The zero-order valence-electron chi connectivity index (χ0n) is 21.0. The van der Waals surface area contributed by atoms with Crippen molar-refractivity contribution in [3.63, 3.8) is 0 Å². The number of esters is 2. The number of anilines is 1. The number of nitrogen functional groups attached to an aromatic ring is 1. The van der Waals surface area contributed by atoms with E-state index in [-0.39, 0.29) is 35.5 Å². The average molecular weight is 505 g/mol. The van der Waals surface area contributed by atoms with Crippen molar-refractivity contribution < 1.29 is 24.0 Å². The minimum Gasteiger partial charge on any atom is -0.466 e. The Morgan fingerprint density at radius 2 is 1.33 bits per heavy atom. The van der Waals surface area contributed by atoms with Gasteiger partial charge in [0.15, 0.2) is 0 Å². The van der Waals surface area contributed by atoms with Gasteiger partial charge in [-0.25, -0.2) is 0 Å². The van der Waals surface area contributed by atoms with Crippen LogP contribution in [0.15, 0.2) is 24.8 Å². The van der Waals surface area contributed by atoms with Gasteiger partial charge in [0.2, 0.25) is 0 Å².